The molecule has 3 radical (unpaired) electrons. The molecule has 2 rings (SSSR count). The number of hydrogen-bond acceptors (Lipinski definition) is 2. The second-order valence-corrected chi connectivity index (χ2v) is 6.21. The Bertz CT molecular complexity index is 681. The molecule has 0 unspecified atom stereocenters. The molecule has 0 aliphatic rings. The molecule has 3 nitrogen and oxygen atoms in total. The summed E-state index contributed by atoms with van der Waals surface area (Å²) in [6.45, 7) is 10.7. The van der Waals surface area contributed by atoms with Crippen LogP contribution in [0.5, 0.6) is 0 Å². The molecule has 0 atom stereocenters. The van der Waals surface area contributed by atoms with Gasteiger partial charge in [0.05, 0.1) is 16.4 Å². The summed E-state index contributed by atoms with van der Waals surface area (Å²) in [5.41, 5.74) is 5.11. The number of H-pyrrole nitrogens is 1. The Labute approximate surface area is 110 Å². The zero-order chi connectivity index (χ0) is 13.7. The first-order valence-corrected chi connectivity index (χ1v) is 6.48. The van der Waals surface area contributed by atoms with E-state index in [-0.39, 0.29) is 11.0 Å². The molecule has 18 heavy (non-hydrogen) atoms. The minimum atomic E-state index is -0.192. The molecule has 1 aromatic heterocycles. The first-order valence-electron chi connectivity index (χ1n) is 5.98. The zero-order valence-electron chi connectivity index (χ0n) is 11.4. The van der Waals surface area contributed by atoms with Crippen LogP contribution in [-0.2, 0) is 5.41 Å². The summed E-state index contributed by atoms with van der Waals surface area (Å²) >= 11 is 0. The Hall–Kier alpha value is -1.42. The van der Waals surface area contributed by atoms with Crippen LogP contribution < -0.4 is 10.9 Å². The van der Waals surface area contributed by atoms with E-state index in [0.29, 0.717) is 5.32 Å². The number of rotatable bonds is 0. The largest absolute Gasteiger partial charge is 0.319 e. The van der Waals surface area contributed by atoms with E-state index in [1.165, 1.54) is 11.1 Å². The Kier molecular flexibility index (Phi) is 2.93. The van der Waals surface area contributed by atoms with Gasteiger partial charge >= 0.3 is 0 Å². The second kappa shape index (κ2) is 4.05. The van der Waals surface area contributed by atoms with Gasteiger partial charge in [-0.2, -0.15) is 0 Å². The Morgan fingerprint density at radius 2 is 1.83 bits per heavy atom. The van der Waals surface area contributed by atoms with Gasteiger partial charge in [0, 0.05) is 0 Å². The van der Waals surface area contributed by atoms with Crippen molar-refractivity contribution in [3.05, 3.63) is 33.1 Å². The molecule has 0 amide bonds. The van der Waals surface area contributed by atoms with E-state index in [0.717, 1.165) is 16.6 Å². The molecular formula is C14H17N2OSi. The molecule has 0 spiro atoms. The molecule has 0 saturated heterocycles. The number of nitrogens with zero attached hydrogens (tertiary/aromatic N) is 1. The zero-order valence-corrected chi connectivity index (χ0v) is 12.4. The number of nitrogens with one attached hydrogen (secondary N) is 1. The number of aromatic nitrogens is 2. The van der Waals surface area contributed by atoms with Crippen LogP contribution in [0.4, 0.5) is 0 Å². The van der Waals surface area contributed by atoms with Gasteiger partial charge in [0.25, 0.3) is 5.56 Å². The Balaban J connectivity index is 2.93. The summed E-state index contributed by atoms with van der Waals surface area (Å²) in [5.74, 6) is 0. The summed E-state index contributed by atoms with van der Waals surface area (Å²) in [6, 6.07) is 2.04. The number of hydrogen-bond donors (Lipinski definition) is 1. The van der Waals surface area contributed by atoms with Crippen LogP contribution in [0.3, 0.4) is 0 Å². The third kappa shape index (κ3) is 2.01. The van der Waals surface area contributed by atoms with Crippen LogP contribution in [0.2, 0.25) is 0 Å². The van der Waals surface area contributed by atoms with Crippen LogP contribution in [0.1, 0.15) is 37.5 Å². The van der Waals surface area contributed by atoms with Gasteiger partial charge in [-0.05, 0) is 42.0 Å². The number of benzene rings is 1. The quantitative estimate of drug-likeness (QED) is 0.729. The van der Waals surface area contributed by atoms with Gasteiger partial charge in [-0.3, -0.25) is 9.78 Å². The molecule has 0 aliphatic heterocycles. The van der Waals surface area contributed by atoms with Crippen LogP contribution in [0, 0.1) is 13.8 Å². The third-order valence-corrected chi connectivity index (χ3v) is 3.70. The lowest BCUT2D eigenvalue weighted by Crippen LogP contribution is -2.31. The van der Waals surface area contributed by atoms with Gasteiger partial charge in [0.15, 0.2) is 0 Å². The first-order chi connectivity index (χ1) is 8.21. The van der Waals surface area contributed by atoms with Crippen molar-refractivity contribution in [2.45, 2.75) is 40.0 Å². The summed E-state index contributed by atoms with van der Waals surface area (Å²) in [7, 11) is 3.23. The fourth-order valence-corrected chi connectivity index (χ4v) is 2.44. The maximum absolute atomic E-state index is 11.6. The van der Waals surface area contributed by atoms with E-state index in [1.54, 1.807) is 0 Å². The van der Waals surface area contributed by atoms with E-state index in [2.05, 4.69) is 47.9 Å². The van der Waals surface area contributed by atoms with Crippen LogP contribution in [0.25, 0.3) is 11.0 Å². The van der Waals surface area contributed by atoms with E-state index in [4.69, 9.17) is 0 Å². The van der Waals surface area contributed by atoms with Crippen molar-refractivity contribution in [1.82, 2.24) is 9.97 Å². The average Bonchev–Trinajstić information content (AvgIpc) is 2.25. The van der Waals surface area contributed by atoms with Crippen molar-refractivity contribution in [2.24, 2.45) is 0 Å². The Morgan fingerprint density at radius 3 is 2.39 bits per heavy atom. The molecule has 1 N–H and O–H groups in total. The average molecular weight is 257 g/mol. The van der Waals surface area contributed by atoms with Gasteiger partial charge < -0.3 is 4.98 Å². The lowest BCUT2D eigenvalue weighted by molar-refractivity contribution is 0.586. The third-order valence-electron chi connectivity index (χ3n) is 3.36. The minimum absolute atomic E-state index is 0.0482. The molecule has 1 aromatic carbocycles. The number of fused-ring (bicyclic) bond motifs is 1. The highest BCUT2D eigenvalue weighted by molar-refractivity contribution is 6.30. The highest BCUT2D eigenvalue weighted by Gasteiger charge is 2.19. The number of aryl methyl sites for hydroxylation is 1. The van der Waals surface area contributed by atoms with Crippen molar-refractivity contribution in [3.63, 3.8) is 0 Å². The van der Waals surface area contributed by atoms with Crippen molar-refractivity contribution in [3.8, 4) is 0 Å². The molecule has 0 aliphatic carbocycles. The highest BCUT2D eigenvalue weighted by atomic mass is 28.1. The van der Waals surface area contributed by atoms with Crippen LogP contribution in [-0.4, -0.2) is 20.2 Å². The molecule has 2 aromatic rings. The van der Waals surface area contributed by atoms with Gasteiger partial charge in [-0.1, -0.05) is 20.8 Å². The second-order valence-electron chi connectivity index (χ2n) is 5.73. The molecule has 0 saturated carbocycles. The van der Waals surface area contributed by atoms with E-state index >= 15 is 0 Å². The summed E-state index contributed by atoms with van der Waals surface area (Å²) < 4.78 is 0. The molecular weight excluding hydrogens is 240 g/mol. The summed E-state index contributed by atoms with van der Waals surface area (Å²) in [6.07, 6.45) is 0. The van der Waals surface area contributed by atoms with Gasteiger partial charge in [0.2, 0.25) is 0 Å². The molecule has 0 fully saturated rings. The monoisotopic (exact) mass is 257 g/mol. The van der Waals surface area contributed by atoms with E-state index in [9.17, 15) is 4.79 Å². The summed E-state index contributed by atoms with van der Waals surface area (Å²) in [4.78, 5) is 18.8. The van der Waals surface area contributed by atoms with Gasteiger partial charge in [-0.15, -0.1) is 0 Å². The van der Waals surface area contributed by atoms with Gasteiger partial charge in [0.1, 0.15) is 10.2 Å². The van der Waals surface area contributed by atoms with Crippen molar-refractivity contribution >= 4 is 26.6 Å². The minimum Gasteiger partial charge on any atom is -0.319 e. The maximum atomic E-state index is 11.6. The fraction of sp³-hybridized carbons (Fsp3) is 0.429. The van der Waals surface area contributed by atoms with E-state index < -0.39 is 0 Å². The lowest BCUT2D eigenvalue weighted by atomic mass is 9.82. The molecule has 93 valence electrons. The molecule has 1 heterocycles. The highest BCUT2D eigenvalue weighted by Crippen LogP contribution is 2.30. The molecule has 0 bridgehead atoms. The number of aromatic amines is 1. The SMILES string of the molecule is Cc1c(C(C)(C)C)cc2[nH]c(=O)c([Si])nc2c1C. The normalized spacial score (nSPS) is 12.1. The van der Waals surface area contributed by atoms with Crippen LogP contribution >= 0.6 is 0 Å². The maximum Gasteiger partial charge on any atom is 0.264 e. The first kappa shape index (κ1) is 13.0. The predicted molar refractivity (Wildman–Crippen MR) is 75.9 cm³/mol. The fourth-order valence-electron chi connectivity index (χ4n) is 2.27. The smallest absolute Gasteiger partial charge is 0.264 e. The van der Waals surface area contributed by atoms with Crippen molar-refractivity contribution in [1.29, 1.82) is 0 Å². The standard InChI is InChI=1S/C14H17N2OSi/c1-7-8(2)11-10(6-9(7)14(3,4)5)15-12(17)13(18)16-11/h6H,1-5H3,(H,15,17). The predicted octanol–water partition coefficient (Wildman–Crippen LogP) is 1.63. The van der Waals surface area contributed by atoms with Crippen LogP contribution in [0.15, 0.2) is 10.9 Å². The van der Waals surface area contributed by atoms with Gasteiger partial charge in [-0.25, -0.2) is 0 Å². The van der Waals surface area contributed by atoms with E-state index in [1.807, 2.05) is 13.0 Å². The Morgan fingerprint density at radius 1 is 1.22 bits per heavy atom. The lowest BCUT2D eigenvalue weighted by Gasteiger charge is -2.23. The summed E-state index contributed by atoms with van der Waals surface area (Å²) in [5, 5.41) is 0.327. The van der Waals surface area contributed by atoms with Crippen molar-refractivity contribution < 1.29 is 0 Å². The van der Waals surface area contributed by atoms with Crippen molar-refractivity contribution in [2.75, 3.05) is 0 Å². The molecule has 4 heteroatoms. The topological polar surface area (TPSA) is 45.8 Å².